The molecule has 0 spiro atoms. The summed E-state index contributed by atoms with van der Waals surface area (Å²) in [6, 6.07) is 6.80. The highest BCUT2D eigenvalue weighted by atomic mass is 19.4. The van der Waals surface area contributed by atoms with Gasteiger partial charge in [-0.1, -0.05) is 18.2 Å². The number of nitrogens with two attached hydrogens (primary N) is 1. The second-order valence-corrected chi connectivity index (χ2v) is 2.90. The molecule has 0 bridgehead atoms. The van der Waals surface area contributed by atoms with E-state index in [2.05, 4.69) is 5.32 Å². The normalized spacial score (nSPS) is 13.7. The smallest absolute Gasteiger partial charge is 0.383 e. The summed E-state index contributed by atoms with van der Waals surface area (Å²) in [6.07, 6.45) is -4.35. The third-order valence-electron chi connectivity index (χ3n) is 1.72. The molecule has 0 heterocycles. The summed E-state index contributed by atoms with van der Waals surface area (Å²) < 4.78 is 36.0. The van der Waals surface area contributed by atoms with Gasteiger partial charge in [0.05, 0.1) is 0 Å². The van der Waals surface area contributed by atoms with Crippen LogP contribution in [-0.4, -0.2) is 18.8 Å². The van der Waals surface area contributed by atoms with E-state index in [1.54, 1.807) is 30.3 Å². The fourth-order valence-corrected chi connectivity index (χ4v) is 0.900. The molecule has 78 valence electrons. The van der Waals surface area contributed by atoms with E-state index in [-0.39, 0.29) is 6.54 Å². The molecule has 0 amide bonds. The van der Waals surface area contributed by atoms with Gasteiger partial charge in [-0.25, -0.2) is 0 Å². The number of hydrogen-bond donors (Lipinski definition) is 2. The van der Waals surface area contributed by atoms with E-state index in [4.69, 9.17) is 5.73 Å². The highest BCUT2D eigenvalue weighted by Gasteiger charge is 2.36. The van der Waals surface area contributed by atoms with Crippen molar-refractivity contribution in [3.05, 3.63) is 30.3 Å². The lowest BCUT2D eigenvalue weighted by Crippen LogP contribution is -2.42. The first-order valence-corrected chi connectivity index (χ1v) is 4.11. The van der Waals surface area contributed by atoms with Crippen LogP contribution in [0.15, 0.2) is 30.3 Å². The Hall–Kier alpha value is -1.23. The summed E-state index contributed by atoms with van der Waals surface area (Å²) in [4.78, 5) is 0. The van der Waals surface area contributed by atoms with E-state index in [1.807, 2.05) is 0 Å². The van der Waals surface area contributed by atoms with E-state index >= 15 is 0 Å². The lowest BCUT2D eigenvalue weighted by atomic mass is 10.2. The molecule has 2 nitrogen and oxygen atoms in total. The molecular formula is C9H11F3N2. The fourth-order valence-electron chi connectivity index (χ4n) is 0.900. The van der Waals surface area contributed by atoms with Crippen molar-refractivity contribution in [1.82, 2.24) is 0 Å². The fraction of sp³-hybridized carbons (Fsp3) is 0.333. The second-order valence-electron chi connectivity index (χ2n) is 2.90. The highest BCUT2D eigenvalue weighted by molar-refractivity contribution is 5.42. The number of rotatable bonds is 3. The molecule has 0 radical (unpaired) electrons. The van der Waals surface area contributed by atoms with Gasteiger partial charge in [-0.15, -0.1) is 0 Å². The average molecular weight is 204 g/mol. The predicted molar refractivity (Wildman–Crippen MR) is 49.0 cm³/mol. The molecule has 3 N–H and O–H groups in total. The van der Waals surface area contributed by atoms with Crippen molar-refractivity contribution in [3.63, 3.8) is 0 Å². The first-order valence-electron chi connectivity index (χ1n) is 4.11. The third-order valence-corrected chi connectivity index (χ3v) is 1.72. The molecule has 0 aromatic heterocycles. The largest absolute Gasteiger partial charge is 0.405 e. The summed E-state index contributed by atoms with van der Waals surface area (Å²) in [5.41, 5.74) is 5.54. The maximum absolute atomic E-state index is 12.0. The van der Waals surface area contributed by atoms with Gasteiger partial charge in [0.2, 0.25) is 0 Å². The van der Waals surface area contributed by atoms with Crippen molar-refractivity contribution in [3.8, 4) is 0 Å². The van der Waals surface area contributed by atoms with Gasteiger partial charge in [-0.2, -0.15) is 13.2 Å². The quantitative estimate of drug-likeness (QED) is 0.790. The van der Waals surface area contributed by atoms with Crippen molar-refractivity contribution in [2.24, 2.45) is 5.73 Å². The summed E-state index contributed by atoms with van der Waals surface area (Å²) in [6.45, 7) is -0.312. The maximum Gasteiger partial charge on any atom is 0.405 e. The van der Waals surface area contributed by atoms with Gasteiger partial charge in [0.25, 0.3) is 0 Å². The van der Waals surface area contributed by atoms with Gasteiger partial charge < -0.3 is 11.1 Å². The van der Waals surface area contributed by atoms with Gasteiger partial charge in [0, 0.05) is 12.2 Å². The Morgan fingerprint density at radius 1 is 1.21 bits per heavy atom. The van der Waals surface area contributed by atoms with E-state index in [1.165, 1.54) is 0 Å². The highest BCUT2D eigenvalue weighted by Crippen LogP contribution is 2.18. The number of nitrogens with one attached hydrogen (secondary N) is 1. The second kappa shape index (κ2) is 4.32. The molecule has 0 saturated carbocycles. The first kappa shape index (κ1) is 10.8. The molecule has 14 heavy (non-hydrogen) atoms. The molecule has 1 atom stereocenters. The van der Waals surface area contributed by atoms with Crippen LogP contribution < -0.4 is 11.1 Å². The lowest BCUT2D eigenvalue weighted by molar-refractivity contribution is -0.144. The van der Waals surface area contributed by atoms with Crippen LogP contribution in [0.25, 0.3) is 0 Å². The minimum absolute atomic E-state index is 0.312. The number of para-hydroxylation sites is 1. The molecule has 0 aliphatic carbocycles. The Kier molecular flexibility index (Phi) is 3.35. The zero-order chi connectivity index (χ0) is 10.6. The molecule has 0 aliphatic rings. The van der Waals surface area contributed by atoms with Gasteiger partial charge in [0.15, 0.2) is 0 Å². The van der Waals surface area contributed by atoms with Crippen molar-refractivity contribution in [2.75, 3.05) is 11.9 Å². The van der Waals surface area contributed by atoms with Crippen LogP contribution in [0.3, 0.4) is 0 Å². The van der Waals surface area contributed by atoms with Gasteiger partial charge in [-0.3, -0.25) is 0 Å². The molecule has 5 heteroatoms. The van der Waals surface area contributed by atoms with Crippen molar-refractivity contribution >= 4 is 5.69 Å². The van der Waals surface area contributed by atoms with Crippen LogP contribution in [0.4, 0.5) is 18.9 Å². The number of anilines is 1. The Labute approximate surface area is 79.9 Å². The van der Waals surface area contributed by atoms with Crippen LogP contribution in [0.1, 0.15) is 0 Å². The zero-order valence-corrected chi connectivity index (χ0v) is 7.38. The number of alkyl halides is 3. The Bertz CT molecular complexity index is 271. The van der Waals surface area contributed by atoms with Crippen molar-refractivity contribution < 1.29 is 13.2 Å². The summed E-state index contributed by atoms with van der Waals surface area (Å²) >= 11 is 0. The van der Waals surface area contributed by atoms with Crippen LogP contribution in [0, 0.1) is 0 Å². The van der Waals surface area contributed by atoms with Crippen LogP contribution in [0.2, 0.25) is 0 Å². The summed E-state index contributed by atoms with van der Waals surface area (Å²) in [5, 5.41) is 2.61. The summed E-state index contributed by atoms with van der Waals surface area (Å²) in [5.74, 6) is 0. The topological polar surface area (TPSA) is 38.0 Å². The molecule has 0 saturated heterocycles. The molecule has 1 aromatic rings. The van der Waals surface area contributed by atoms with E-state index < -0.39 is 12.2 Å². The molecule has 0 unspecified atom stereocenters. The standard InChI is InChI=1S/C9H11F3N2/c10-9(11,12)8(13)6-14-7-4-2-1-3-5-7/h1-5,8,14H,6,13H2/t8-/m1/s1. The van der Waals surface area contributed by atoms with Crippen LogP contribution in [-0.2, 0) is 0 Å². The van der Waals surface area contributed by atoms with E-state index in [9.17, 15) is 13.2 Å². The molecule has 1 aromatic carbocycles. The maximum atomic E-state index is 12.0. The monoisotopic (exact) mass is 204 g/mol. The van der Waals surface area contributed by atoms with Crippen LogP contribution >= 0.6 is 0 Å². The third kappa shape index (κ3) is 3.26. The lowest BCUT2D eigenvalue weighted by Gasteiger charge is -2.16. The van der Waals surface area contributed by atoms with E-state index in [0.717, 1.165) is 0 Å². The summed E-state index contributed by atoms with van der Waals surface area (Å²) in [7, 11) is 0. The van der Waals surface area contributed by atoms with Gasteiger partial charge >= 0.3 is 6.18 Å². The molecule has 0 aliphatic heterocycles. The molecule has 1 rings (SSSR count). The van der Waals surface area contributed by atoms with E-state index in [0.29, 0.717) is 5.69 Å². The number of halogens is 3. The Morgan fingerprint density at radius 3 is 2.29 bits per heavy atom. The van der Waals surface area contributed by atoms with Gasteiger partial charge in [-0.05, 0) is 12.1 Å². The minimum atomic E-state index is -4.35. The zero-order valence-electron chi connectivity index (χ0n) is 7.38. The average Bonchev–Trinajstić information content (AvgIpc) is 2.14. The number of benzene rings is 1. The minimum Gasteiger partial charge on any atom is -0.383 e. The Morgan fingerprint density at radius 2 is 1.79 bits per heavy atom. The van der Waals surface area contributed by atoms with Gasteiger partial charge in [0.1, 0.15) is 6.04 Å². The number of hydrogen-bond acceptors (Lipinski definition) is 2. The Balaban J connectivity index is 2.42. The van der Waals surface area contributed by atoms with Crippen LogP contribution in [0.5, 0.6) is 0 Å². The first-order chi connectivity index (χ1) is 6.50. The molecular weight excluding hydrogens is 193 g/mol. The van der Waals surface area contributed by atoms with Crippen molar-refractivity contribution in [1.29, 1.82) is 0 Å². The van der Waals surface area contributed by atoms with Crippen molar-refractivity contribution in [2.45, 2.75) is 12.2 Å². The SMILES string of the molecule is N[C@H](CNc1ccccc1)C(F)(F)F. The predicted octanol–water partition coefficient (Wildman–Crippen LogP) is 1.99. The molecule has 0 fully saturated rings.